The summed E-state index contributed by atoms with van der Waals surface area (Å²) in [5.41, 5.74) is 7.81. The Bertz CT molecular complexity index is 509. The van der Waals surface area contributed by atoms with Crippen molar-refractivity contribution in [2.75, 3.05) is 5.73 Å². The number of nitrogens with zero attached hydrogens (tertiary/aromatic N) is 4. The molecule has 0 aliphatic rings. The number of nitrogens with two attached hydrogens (primary N) is 1. The zero-order valence-electron chi connectivity index (χ0n) is 10.0. The molecule has 0 unspecified atom stereocenters. The summed E-state index contributed by atoms with van der Waals surface area (Å²) < 4.78 is 3.93. The molecule has 0 amide bonds. The van der Waals surface area contributed by atoms with Crippen molar-refractivity contribution in [1.29, 1.82) is 0 Å². The van der Waals surface area contributed by atoms with E-state index >= 15 is 0 Å². The molecule has 2 N–H and O–H groups in total. The monoisotopic (exact) mass is 231 g/mol. The van der Waals surface area contributed by atoms with Gasteiger partial charge in [-0.25, -0.2) is 9.97 Å². The van der Waals surface area contributed by atoms with Crippen LogP contribution in [0, 0.1) is 0 Å². The molecular formula is C12H17N5. The average Bonchev–Trinajstić information content (AvgIpc) is 2.89. The number of anilines is 1. The van der Waals surface area contributed by atoms with Crippen molar-refractivity contribution in [1.82, 2.24) is 19.1 Å². The van der Waals surface area contributed by atoms with Gasteiger partial charge in [-0.3, -0.25) is 0 Å². The molecule has 2 heterocycles. The SMILES string of the molecule is C=CCn1cnc(-c2cncn2CCC)c1N. The quantitative estimate of drug-likeness (QED) is 0.800. The van der Waals surface area contributed by atoms with Gasteiger partial charge in [-0.05, 0) is 6.42 Å². The van der Waals surface area contributed by atoms with Gasteiger partial charge in [0.2, 0.25) is 0 Å². The molecule has 2 rings (SSSR count). The molecule has 5 nitrogen and oxygen atoms in total. The van der Waals surface area contributed by atoms with Crippen LogP contribution in [0.4, 0.5) is 5.82 Å². The van der Waals surface area contributed by atoms with E-state index in [0.29, 0.717) is 12.4 Å². The van der Waals surface area contributed by atoms with E-state index in [9.17, 15) is 0 Å². The third-order valence-electron chi connectivity index (χ3n) is 2.62. The van der Waals surface area contributed by atoms with Crippen LogP contribution >= 0.6 is 0 Å². The second-order valence-corrected chi connectivity index (χ2v) is 3.89. The largest absolute Gasteiger partial charge is 0.383 e. The van der Waals surface area contributed by atoms with Crippen molar-refractivity contribution in [2.45, 2.75) is 26.4 Å². The fourth-order valence-electron chi connectivity index (χ4n) is 1.81. The number of imidazole rings is 2. The summed E-state index contributed by atoms with van der Waals surface area (Å²) in [5.74, 6) is 0.655. The van der Waals surface area contributed by atoms with Crippen LogP contribution in [0.1, 0.15) is 13.3 Å². The summed E-state index contributed by atoms with van der Waals surface area (Å²) in [7, 11) is 0. The molecule has 2 aromatic heterocycles. The van der Waals surface area contributed by atoms with Crippen molar-refractivity contribution in [3.8, 4) is 11.4 Å². The normalized spacial score (nSPS) is 10.6. The van der Waals surface area contributed by atoms with Gasteiger partial charge in [0, 0.05) is 13.1 Å². The van der Waals surface area contributed by atoms with Crippen molar-refractivity contribution < 1.29 is 0 Å². The first kappa shape index (κ1) is 11.4. The standard InChI is InChI=1S/C12H17N5/c1-3-5-16-8-14-7-10(16)11-12(13)17(6-4-2)9-15-11/h4,7-9H,2-3,5-6,13H2,1H3. The Morgan fingerprint density at radius 2 is 2.24 bits per heavy atom. The molecule has 0 fully saturated rings. The molecule has 0 radical (unpaired) electrons. The number of hydrogen-bond donors (Lipinski definition) is 1. The van der Waals surface area contributed by atoms with E-state index in [1.165, 1.54) is 0 Å². The molecule has 0 saturated heterocycles. The van der Waals surface area contributed by atoms with Crippen LogP contribution in [0.3, 0.4) is 0 Å². The molecule has 0 atom stereocenters. The highest BCUT2D eigenvalue weighted by Crippen LogP contribution is 2.24. The molecule has 0 spiro atoms. The van der Waals surface area contributed by atoms with Gasteiger partial charge >= 0.3 is 0 Å². The molecule has 0 aromatic carbocycles. The predicted molar refractivity (Wildman–Crippen MR) is 68.3 cm³/mol. The molecule has 0 aliphatic heterocycles. The van der Waals surface area contributed by atoms with Gasteiger partial charge in [-0.2, -0.15) is 0 Å². The van der Waals surface area contributed by atoms with Gasteiger partial charge in [-0.15, -0.1) is 6.58 Å². The van der Waals surface area contributed by atoms with Gasteiger partial charge in [-0.1, -0.05) is 13.0 Å². The fourth-order valence-corrected chi connectivity index (χ4v) is 1.81. The number of aryl methyl sites for hydroxylation is 1. The lowest BCUT2D eigenvalue weighted by Gasteiger charge is -2.06. The lowest BCUT2D eigenvalue weighted by atomic mass is 10.3. The van der Waals surface area contributed by atoms with E-state index in [2.05, 4.69) is 28.0 Å². The highest BCUT2D eigenvalue weighted by atomic mass is 15.1. The summed E-state index contributed by atoms with van der Waals surface area (Å²) in [6.07, 6.45) is 8.19. The average molecular weight is 231 g/mol. The Morgan fingerprint density at radius 1 is 1.41 bits per heavy atom. The Kier molecular flexibility index (Phi) is 3.27. The number of allylic oxidation sites excluding steroid dienone is 1. The van der Waals surface area contributed by atoms with Crippen molar-refractivity contribution in [3.63, 3.8) is 0 Å². The van der Waals surface area contributed by atoms with Crippen molar-refractivity contribution in [2.24, 2.45) is 0 Å². The highest BCUT2D eigenvalue weighted by molar-refractivity contribution is 5.67. The van der Waals surface area contributed by atoms with Crippen LogP contribution in [0.2, 0.25) is 0 Å². The molecule has 5 heteroatoms. The van der Waals surface area contributed by atoms with Gasteiger partial charge in [0.25, 0.3) is 0 Å². The third kappa shape index (κ3) is 2.08. The van der Waals surface area contributed by atoms with Crippen LogP contribution in [-0.2, 0) is 13.1 Å². The topological polar surface area (TPSA) is 61.7 Å². The van der Waals surface area contributed by atoms with E-state index in [4.69, 9.17) is 5.73 Å². The summed E-state index contributed by atoms with van der Waals surface area (Å²) in [6.45, 7) is 7.41. The first-order chi connectivity index (χ1) is 8.27. The van der Waals surface area contributed by atoms with Crippen LogP contribution in [0.15, 0.2) is 31.5 Å². The fraction of sp³-hybridized carbons (Fsp3) is 0.333. The van der Waals surface area contributed by atoms with Crippen LogP contribution in [-0.4, -0.2) is 19.1 Å². The number of aromatic nitrogens is 4. The Labute approximate surface area is 101 Å². The maximum atomic E-state index is 6.06. The number of rotatable bonds is 5. The zero-order valence-corrected chi connectivity index (χ0v) is 10.0. The molecular weight excluding hydrogens is 214 g/mol. The number of nitrogen functional groups attached to an aromatic ring is 1. The third-order valence-corrected chi connectivity index (χ3v) is 2.62. The molecule has 90 valence electrons. The van der Waals surface area contributed by atoms with E-state index in [-0.39, 0.29) is 0 Å². The van der Waals surface area contributed by atoms with Crippen LogP contribution in [0.25, 0.3) is 11.4 Å². The Hall–Kier alpha value is -2.04. The minimum Gasteiger partial charge on any atom is -0.383 e. The molecule has 0 saturated carbocycles. The van der Waals surface area contributed by atoms with E-state index in [1.807, 2.05) is 10.9 Å². The summed E-state index contributed by atoms with van der Waals surface area (Å²) >= 11 is 0. The lowest BCUT2D eigenvalue weighted by molar-refractivity contribution is 0.683. The molecule has 0 aliphatic carbocycles. The van der Waals surface area contributed by atoms with Gasteiger partial charge in [0.05, 0.1) is 24.5 Å². The Morgan fingerprint density at radius 3 is 2.94 bits per heavy atom. The van der Waals surface area contributed by atoms with E-state index < -0.39 is 0 Å². The minimum absolute atomic E-state index is 0.655. The second-order valence-electron chi connectivity index (χ2n) is 3.89. The summed E-state index contributed by atoms with van der Waals surface area (Å²) in [6, 6.07) is 0. The molecule has 17 heavy (non-hydrogen) atoms. The van der Waals surface area contributed by atoms with Gasteiger partial charge in [0.15, 0.2) is 0 Å². The van der Waals surface area contributed by atoms with Crippen LogP contribution < -0.4 is 5.73 Å². The first-order valence-corrected chi connectivity index (χ1v) is 5.70. The first-order valence-electron chi connectivity index (χ1n) is 5.70. The molecule has 2 aromatic rings. The number of hydrogen-bond acceptors (Lipinski definition) is 3. The van der Waals surface area contributed by atoms with E-state index in [0.717, 1.165) is 24.4 Å². The maximum absolute atomic E-state index is 6.06. The van der Waals surface area contributed by atoms with E-state index in [1.54, 1.807) is 18.6 Å². The predicted octanol–water partition coefficient (Wildman–Crippen LogP) is 1.92. The zero-order chi connectivity index (χ0) is 12.3. The molecule has 0 bridgehead atoms. The van der Waals surface area contributed by atoms with Gasteiger partial charge in [0.1, 0.15) is 11.5 Å². The summed E-state index contributed by atoms with van der Waals surface area (Å²) in [4.78, 5) is 8.50. The maximum Gasteiger partial charge on any atom is 0.133 e. The van der Waals surface area contributed by atoms with Crippen molar-refractivity contribution >= 4 is 5.82 Å². The summed E-state index contributed by atoms with van der Waals surface area (Å²) in [5, 5.41) is 0. The minimum atomic E-state index is 0.655. The van der Waals surface area contributed by atoms with Gasteiger partial charge < -0.3 is 14.9 Å². The highest BCUT2D eigenvalue weighted by Gasteiger charge is 2.13. The van der Waals surface area contributed by atoms with Crippen LogP contribution in [0.5, 0.6) is 0 Å². The lowest BCUT2D eigenvalue weighted by Crippen LogP contribution is -2.02. The van der Waals surface area contributed by atoms with Crippen molar-refractivity contribution in [3.05, 3.63) is 31.5 Å². The second kappa shape index (κ2) is 4.86. The Balaban J connectivity index is 2.39. The smallest absolute Gasteiger partial charge is 0.133 e.